The normalized spacial score (nSPS) is 13.9. The fourth-order valence-corrected chi connectivity index (χ4v) is 2.03. The van der Waals surface area contributed by atoms with Crippen molar-refractivity contribution >= 4 is 23.3 Å². The monoisotopic (exact) mass is 275 g/mol. The van der Waals surface area contributed by atoms with Crippen LogP contribution in [0.1, 0.15) is 34.1 Å². The lowest BCUT2D eigenvalue weighted by Gasteiger charge is -2.12. The number of hydrogen-bond donors (Lipinski definition) is 3. The van der Waals surface area contributed by atoms with Gasteiger partial charge in [-0.2, -0.15) is 0 Å². The molecule has 1 aromatic heterocycles. The summed E-state index contributed by atoms with van der Waals surface area (Å²) in [5.74, 6) is -1.80. The minimum absolute atomic E-state index is 0.0757. The van der Waals surface area contributed by atoms with Gasteiger partial charge in [0.15, 0.2) is 0 Å². The van der Waals surface area contributed by atoms with Gasteiger partial charge in [0.2, 0.25) is 0 Å². The van der Waals surface area contributed by atoms with Crippen LogP contribution in [0, 0.1) is 0 Å². The van der Waals surface area contributed by atoms with Crippen molar-refractivity contribution < 1.29 is 29.6 Å². The zero-order valence-corrected chi connectivity index (χ0v) is 10.4. The molecule has 0 amide bonds. The van der Waals surface area contributed by atoms with Crippen LogP contribution >= 0.6 is 11.3 Å². The zero-order chi connectivity index (χ0) is 13.7. The molecule has 100 valence electrons. The molecule has 0 aromatic carbocycles. The maximum Gasteiger partial charge on any atom is 0.349 e. The molecule has 0 fully saturated rings. The van der Waals surface area contributed by atoms with E-state index in [2.05, 4.69) is 4.98 Å². The second-order valence-corrected chi connectivity index (χ2v) is 4.46. The van der Waals surface area contributed by atoms with Crippen LogP contribution in [0.15, 0.2) is 6.20 Å². The largest absolute Gasteiger partial charge is 0.481 e. The first-order chi connectivity index (χ1) is 8.45. The van der Waals surface area contributed by atoms with E-state index in [0.717, 1.165) is 11.3 Å². The van der Waals surface area contributed by atoms with Gasteiger partial charge in [-0.1, -0.05) is 0 Å². The minimum Gasteiger partial charge on any atom is -0.481 e. The highest BCUT2D eigenvalue weighted by molar-refractivity contribution is 7.13. The molecule has 0 aliphatic rings. The third kappa shape index (κ3) is 3.76. The van der Waals surface area contributed by atoms with Crippen molar-refractivity contribution in [3.63, 3.8) is 0 Å². The van der Waals surface area contributed by atoms with Crippen LogP contribution in [0.4, 0.5) is 0 Å². The Morgan fingerprint density at radius 2 is 2.17 bits per heavy atom. The number of esters is 1. The van der Waals surface area contributed by atoms with E-state index >= 15 is 0 Å². The molecule has 0 aliphatic carbocycles. The van der Waals surface area contributed by atoms with Crippen molar-refractivity contribution in [2.75, 3.05) is 6.61 Å². The number of aliphatic carboxylic acids is 1. The molecule has 3 N–H and O–H groups in total. The number of carbonyl (C=O) groups is 2. The van der Waals surface area contributed by atoms with Gasteiger partial charge in [0.05, 0.1) is 25.3 Å². The summed E-state index contributed by atoms with van der Waals surface area (Å²) < 4.78 is 4.74. The summed E-state index contributed by atoms with van der Waals surface area (Å²) in [6.45, 7) is 1.88. The first-order valence-electron chi connectivity index (χ1n) is 5.16. The lowest BCUT2D eigenvalue weighted by atomic mass is 10.1. The van der Waals surface area contributed by atoms with Crippen molar-refractivity contribution in [2.24, 2.45) is 0 Å². The number of aliphatic hydroxyl groups excluding tert-OH is 2. The standard InChI is InChI=1S/C10H13NO6S/c1-2-17-10(16)6-4-11-9(18-6)8(15)5(12)3-7(13)14/h4-5,8,12,15H,2-3H2,1H3,(H,13,14). The Balaban J connectivity index is 2.72. The molecule has 0 spiro atoms. The molecule has 1 rings (SSSR count). The number of hydrogen-bond acceptors (Lipinski definition) is 7. The molecule has 0 saturated heterocycles. The van der Waals surface area contributed by atoms with Gasteiger partial charge in [0.1, 0.15) is 16.0 Å². The number of carbonyl (C=O) groups excluding carboxylic acids is 1. The Kier molecular flexibility index (Phi) is 5.20. The van der Waals surface area contributed by atoms with Crippen LogP contribution < -0.4 is 0 Å². The number of carboxylic acid groups (broad SMARTS) is 1. The number of nitrogens with zero attached hydrogens (tertiary/aromatic N) is 1. The molecule has 0 saturated carbocycles. The first kappa shape index (κ1) is 14.6. The van der Waals surface area contributed by atoms with Crippen molar-refractivity contribution in [1.29, 1.82) is 0 Å². The molecule has 1 heterocycles. The Morgan fingerprint density at radius 1 is 1.50 bits per heavy atom. The third-order valence-electron chi connectivity index (χ3n) is 2.00. The van der Waals surface area contributed by atoms with Gasteiger partial charge in [-0.3, -0.25) is 4.79 Å². The van der Waals surface area contributed by atoms with Gasteiger partial charge >= 0.3 is 11.9 Å². The van der Waals surface area contributed by atoms with Crippen molar-refractivity contribution in [1.82, 2.24) is 4.98 Å². The maximum atomic E-state index is 11.3. The molecule has 18 heavy (non-hydrogen) atoms. The lowest BCUT2D eigenvalue weighted by Crippen LogP contribution is -2.21. The Hall–Kier alpha value is -1.51. The van der Waals surface area contributed by atoms with E-state index in [1.807, 2.05) is 0 Å². The summed E-state index contributed by atoms with van der Waals surface area (Å²) in [6.07, 6.45) is -2.29. The van der Waals surface area contributed by atoms with Crippen molar-refractivity contribution in [3.8, 4) is 0 Å². The zero-order valence-electron chi connectivity index (χ0n) is 9.57. The minimum atomic E-state index is -1.47. The SMILES string of the molecule is CCOC(=O)c1cnc(C(O)C(O)CC(=O)O)s1. The fourth-order valence-electron chi connectivity index (χ4n) is 1.18. The van der Waals surface area contributed by atoms with Gasteiger partial charge in [-0.15, -0.1) is 11.3 Å². The average Bonchev–Trinajstić information content (AvgIpc) is 2.76. The van der Waals surface area contributed by atoms with Crippen LogP contribution in [0.2, 0.25) is 0 Å². The maximum absolute atomic E-state index is 11.3. The van der Waals surface area contributed by atoms with Gasteiger partial charge in [-0.05, 0) is 6.92 Å². The van der Waals surface area contributed by atoms with E-state index < -0.39 is 30.6 Å². The van der Waals surface area contributed by atoms with Gasteiger partial charge < -0.3 is 20.1 Å². The van der Waals surface area contributed by atoms with E-state index in [9.17, 15) is 19.8 Å². The number of aromatic nitrogens is 1. The number of rotatable bonds is 6. The number of ether oxygens (including phenoxy) is 1. The molecule has 7 nitrogen and oxygen atoms in total. The molecular weight excluding hydrogens is 262 g/mol. The van der Waals surface area contributed by atoms with Crippen LogP contribution in [-0.4, -0.2) is 45.0 Å². The highest BCUT2D eigenvalue weighted by atomic mass is 32.1. The van der Waals surface area contributed by atoms with Crippen LogP contribution in [0.3, 0.4) is 0 Å². The van der Waals surface area contributed by atoms with Gasteiger partial charge in [0, 0.05) is 0 Å². The summed E-state index contributed by atoms with van der Waals surface area (Å²) in [6, 6.07) is 0. The molecule has 2 unspecified atom stereocenters. The average molecular weight is 275 g/mol. The Bertz CT molecular complexity index is 432. The quantitative estimate of drug-likeness (QED) is 0.634. The molecule has 0 radical (unpaired) electrons. The van der Waals surface area contributed by atoms with Crippen molar-refractivity contribution in [2.45, 2.75) is 25.6 Å². The highest BCUT2D eigenvalue weighted by Gasteiger charge is 2.25. The van der Waals surface area contributed by atoms with Gasteiger partial charge in [0.25, 0.3) is 0 Å². The molecule has 1 aromatic rings. The molecule has 2 atom stereocenters. The van der Waals surface area contributed by atoms with E-state index in [4.69, 9.17) is 9.84 Å². The summed E-state index contributed by atoms with van der Waals surface area (Å²) in [5.41, 5.74) is 0. The number of carboxylic acids is 1. The molecular formula is C10H13NO6S. The highest BCUT2D eigenvalue weighted by Crippen LogP contribution is 2.24. The summed E-state index contributed by atoms with van der Waals surface area (Å²) in [7, 11) is 0. The van der Waals surface area contributed by atoms with E-state index in [0.29, 0.717) is 0 Å². The third-order valence-corrected chi connectivity index (χ3v) is 3.05. The number of thiazole rings is 1. The summed E-state index contributed by atoms with van der Waals surface area (Å²) in [4.78, 5) is 25.7. The van der Waals surface area contributed by atoms with Crippen LogP contribution in [0.5, 0.6) is 0 Å². The van der Waals surface area contributed by atoms with Crippen LogP contribution in [-0.2, 0) is 9.53 Å². The smallest absolute Gasteiger partial charge is 0.349 e. The van der Waals surface area contributed by atoms with E-state index in [1.165, 1.54) is 6.20 Å². The van der Waals surface area contributed by atoms with E-state index in [1.54, 1.807) is 6.92 Å². The predicted molar refractivity (Wildman–Crippen MR) is 61.3 cm³/mol. The van der Waals surface area contributed by atoms with Crippen molar-refractivity contribution in [3.05, 3.63) is 16.1 Å². The second kappa shape index (κ2) is 6.43. The van der Waals surface area contributed by atoms with E-state index in [-0.39, 0.29) is 16.5 Å². The Labute approximate surface area is 107 Å². The topological polar surface area (TPSA) is 117 Å². The van der Waals surface area contributed by atoms with Gasteiger partial charge in [-0.25, -0.2) is 9.78 Å². The molecule has 0 aliphatic heterocycles. The van der Waals surface area contributed by atoms with Crippen LogP contribution in [0.25, 0.3) is 0 Å². The summed E-state index contributed by atoms with van der Waals surface area (Å²) >= 11 is 0.856. The summed E-state index contributed by atoms with van der Waals surface area (Å²) in [5, 5.41) is 27.6. The fraction of sp³-hybridized carbons (Fsp3) is 0.500. The molecule has 0 bridgehead atoms. The molecule has 8 heteroatoms. The second-order valence-electron chi connectivity index (χ2n) is 3.39. The first-order valence-corrected chi connectivity index (χ1v) is 5.98. The number of aliphatic hydroxyl groups is 2. The predicted octanol–water partition coefficient (Wildman–Crippen LogP) is 0.189. The lowest BCUT2D eigenvalue weighted by molar-refractivity contribution is -0.141. The Morgan fingerprint density at radius 3 is 2.72 bits per heavy atom.